The number of aliphatic hydroxyl groups excluding tert-OH is 1. The van der Waals surface area contributed by atoms with Crippen LogP contribution in [0.1, 0.15) is 18.6 Å². The van der Waals surface area contributed by atoms with E-state index < -0.39 is 11.0 Å². The van der Waals surface area contributed by atoms with Crippen LogP contribution in [0.15, 0.2) is 36.4 Å². The van der Waals surface area contributed by atoms with Gasteiger partial charge in [0, 0.05) is 17.7 Å². The monoisotopic (exact) mass is 221 g/mol. The lowest BCUT2D eigenvalue weighted by Gasteiger charge is -2.11. The van der Waals surface area contributed by atoms with Crippen LogP contribution in [0.4, 0.5) is 5.69 Å². The van der Waals surface area contributed by atoms with Gasteiger partial charge in [0.2, 0.25) is 0 Å². The number of nitro groups is 1. The van der Waals surface area contributed by atoms with Gasteiger partial charge in [-0.05, 0) is 24.6 Å². The largest absolute Gasteiger partial charge is 0.384 e. The van der Waals surface area contributed by atoms with E-state index in [9.17, 15) is 20.0 Å². The van der Waals surface area contributed by atoms with Crippen LogP contribution in [0.2, 0.25) is 0 Å². The van der Waals surface area contributed by atoms with Crippen LogP contribution in [0.5, 0.6) is 0 Å². The SMILES string of the molecule is C=C(C(C)=O)C(O)c1ccc([N+](=O)[O-])cc1. The molecule has 1 atom stereocenters. The molecule has 1 N–H and O–H groups in total. The molecule has 0 saturated heterocycles. The Hall–Kier alpha value is -2.01. The molecule has 0 saturated carbocycles. The van der Waals surface area contributed by atoms with Crippen LogP contribution in [0.25, 0.3) is 0 Å². The molecule has 0 radical (unpaired) electrons. The number of non-ortho nitro benzene ring substituents is 1. The smallest absolute Gasteiger partial charge is 0.269 e. The average molecular weight is 221 g/mol. The number of benzene rings is 1. The standard InChI is InChI=1S/C11H11NO4/c1-7(8(2)13)11(14)9-3-5-10(6-4-9)12(15)16/h3-6,11,14H,1H2,2H3. The third kappa shape index (κ3) is 2.52. The summed E-state index contributed by atoms with van der Waals surface area (Å²) in [5, 5.41) is 20.1. The maximum absolute atomic E-state index is 11.0. The molecule has 0 aliphatic heterocycles. The third-order valence-electron chi connectivity index (χ3n) is 2.20. The Morgan fingerprint density at radius 1 is 1.44 bits per heavy atom. The van der Waals surface area contributed by atoms with E-state index in [1.165, 1.54) is 31.2 Å². The van der Waals surface area contributed by atoms with E-state index in [1.807, 2.05) is 0 Å². The Labute approximate surface area is 92.2 Å². The summed E-state index contributed by atoms with van der Waals surface area (Å²) >= 11 is 0. The Morgan fingerprint density at radius 2 is 1.94 bits per heavy atom. The lowest BCUT2D eigenvalue weighted by atomic mass is 10.0. The van der Waals surface area contributed by atoms with Crippen molar-refractivity contribution in [3.8, 4) is 0 Å². The second-order valence-electron chi connectivity index (χ2n) is 3.33. The van der Waals surface area contributed by atoms with Gasteiger partial charge in [0.05, 0.1) is 4.92 Å². The fourth-order valence-corrected chi connectivity index (χ4v) is 1.17. The Bertz CT molecular complexity index is 436. The highest BCUT2D eigenvalue weighted by molar-refractivity contribution is 5.93. The zero-order valence-corrected chi connectivity index (χ0v) is 8.71. The fraction of sp³-hybridized carbons (Fsp3) is 0.182. The molecule has 0 aromatic heterocycles. The summed E-state index contributed by atoms with van der Waals surface area (Å²) in [6, 6.07) is 5.34. The van der Waals surface area contributed by atoms with Crippen LogP contribution in [0.3, 0.4) is 0 Å². The van der Waals surface area contributed by atoms with E-state index in [1.54, 1.807) is 0 Å². The maximum Gasteiger partial charge on any atom is 0.269 e. The molecule has 1 aromatic carbocycles. The number of nitro benzene ring substituents is 1. The predicted molar refractivity (Wildman–Crippen MR) is 57.9 cm³/mol. The van der Waals surface area contributed by atoms with Gasteiger partial charge < -0.3 is 5.11 Å². The molecule has 1 aromatic rings. The molecule has 5 nitrogen and oxygen atoms in total. The number of nitrogens with zero attached hydrogens (tertiary/aromatic N) is 1. The molecule has 16 heavy (non-hydrogen) atoms. The second-order valence-corrected chi connectivity index (χ2v) is 3.33. The molecule has 0 fully saturated rings. The molecule has 1 unspecified atom stereocenters. The molecule has 0 aliphatic carbocycles. The summed E-state index contributed by atoms with van der Waals surface area (Å²) in [4.78, 5) is 20.8. The summed E-state index contributed by atoms with van der Waals surface area (Å²) in [5.74, 6) is -0.314. The van der Waals surface area contributed by atoms with E-state index in [0.717, 1.165) is 0 Å². The van der Waals surface area contributed by atoms with Crippen molar-refractivity contribution >= 4 is 11.5 Å². The van der Waals surface area contributed by atoms with Crippen molar-refractivity contribution in [3.63, 3.8) is 0 Å². The van der Waals surface area contributed by atoms with E-state index in [0.29, 0.717) is 5.56 Å². The van der Waals surface area contributed by atoms with Crippen molar-refractivity contribution in [2.24, 2.45) is 0 Å². The first-order valence-electron chi connectivity index (χ1n) is 4.55. The molecule has 84 valence electrons. The van der Waals surface area contributed by atoms with Gasteiger partial charge in [-0.25, -0.2) is 0 Å². The summed E-state index contributed by atoms with van der Waals surface area (Å²) in [6.07, 6.45) is -1.11. The quantitative estimate of drug-likeness (QED) is 0.477. The molecule has 0 amide bonds. The highest BCUT2D eigenvalue weighted by Gasteiger charge is 2.16. The zero-order valence-electron chi connectivity index (χ0n) is 8.71. The first-order chi connectivity index (χ1) is 7.43. The van der Waals surface area contributed by atoms with Gasteiger partial charge >= 0.3 is 0 Å². The highest BCUT2D eigenvalue weighted by Crippen LogP contribution is 2.22. The van der Waals surface area contributed by atoms with Crippen molar-refractivity contribution in [3.05, 3.63) is 52.1 Å². The van der Waals surface area contributed by atoms with E-state index in [4.69, 9.17) is 0 Å². The molecule has 0 aliphatic rings. The van der Waals surface area contributed by atoms with Gasteiger partial charge in [-0.3, -0.25) is 14.9 Å². The van der Waals surface area contributed by atoms with Crippen molar-refractivity contribution < 1.29 is 14.8 Å². The number of ketones is 1. The van der Waals surface area contributed by atoms with Crippen molar-refractivity contribution in [2.75, 3.05) is 0 Å². The van der Waals surface area contributed by atoms with Gasteiger partial charge in [-0.2, -0.15) is 0 Å². The van der Waals surface area contributed by atoms with Gasteiger partial charge in [0.25, 0.3) is 5.69 Å². The normalized spacial score (nSPS) is 11.9. The summed E-state index contributed by atoms with van der Waals surface area (Å²) in [6.45, 7) is 4.76. The first kappa shape index (κ1) is 12.1. The topological polar surface area (TPSA) is 80.4 Å². The number of rotatable bonds is 4. The molecule has 1 rings (SSSR count). The Morgan fingerprint density at radius 3 is 2.31 bits per heavy atom. The van der Waals surface area contributed by atoms with Crippen molar-refractivity contribution in [1.29, 1.82) is 0 Å². The number of carbonyl (C=O) groups excluding carboxylic acids is 1. The minimum absolute atomic E-state index is 0.0638. The first-order valence-corrected chi connectivity index (χ1v) is 4.55. The van der Waals surface area contributed by atoms with Crippen LogP contribution >= 0.6 is 0 Å². The average Bonchev–Trinajstić information content (AvgIpc) is 2.27. The molecule has 0 heterocycles. The lowest BCUT2D eigenvalue weighted by Crippen LogP contribution is -2.07. The second kappa shape index (κ2) is 4.67. The maximum atomic E-state index is 11.0. The van der Waals surface area contributed by atoms with Gasteiger partial charge in [-0.15, -0.1) is 0 Å². The lowest BCUT2D eigenvalue weighted by molar-refractivity contribution is -0.384. The minimum atomic E-state index is -1.11. The zero-order chi connectivity index (χ0) is 12.3. The fourth-order valence-electron chi connectivity index (χ4n) is 1.17. The van der Waals surface area contributed by atoms with Gasteiger partial charge in [0.15, 0.2) is 5.78 Å². The summed E-state index contributed by atoms with van der Waals surface area (Å²) in [5.41, 5.74) is 0.407. The highest BCUT2D eigenvalue weighted by atomic mass is 16.6. The number of Topliss-reactive ketones (excluding diaryl/α,β-unsaturated/α-hetero) is 1. The van der Waals surface area contributed by atoms with Crippen LogP contribution in [-0.2, 0) is 4.79 Å². The number of aliphatic hydroxyl groups is 1. The molecule has 0 bridgehead atoms. The Kier molecular flexibility index (Phi) is 3.52. The summed E-state index contributed by atoms with van der Waals surface area (Å²) in [7, 11) is 0. The van der Waals surface area contributed by atoms with E-state index >= 15 is 0 Å². The van der Waals surface area contributed by atoms with E-state index in [2.05, 4.69) is 6.58 Å². The van der Waals surface area contributed by atoms with Crippen LogP contribution in [0, 0.1) is 10.1 Å². The van der Waals surface area contributed by atoms with Crippen LogP contribution in [-0.4, -0.2) is 15.8 Å². The molecular formula is C11H11NO4. The van der Waals surface area contributed by atoms with Crippen molar-refractivity contribution in [1.82, 2.24) is 0 Å². The van der Waals surface area contributed by atoms with Gasteiger partial charge in [0.1, 0.15) is 6.10 Å². The predicted octanol–water partition coefficient (Wildman–Crippen LogP) is 1.77. The molecular weight excluding hydrogens is 210 g/mol. The Balaban J connectivity index is 2.94. The van der Waals surface area contributed by atoms with Crippen LogP contribution < -0.4 is 0 Å². The van der Waals surface area contributed by atoms with Crippen molar-refractivity contribution in [2.45, 2.75) is 13.0 Å². The number of hydrogen-bond donors (Lipinski definition) is 1. The minimum Gasteiger partial charge on any atom is -0.384 e. The third-order valence-corrected chi connectivity index (χ3v) is 2.20. The number of hydrogen-bond acceptors (Lipinski definition) is 4. The number of carbonyl (C=O) groups is 1. The molecule has 0 spiro atoms. The van der Waals surface area contributed by atoms with E-state index in [-0.39, 0.29) is 17.0 Å². The van der Waals surface area contributed by atoms with Gasteiger partial charge in [-0.1, -0.05) is 6.58 Å². The summed E-state index contributed by atoms with van der Waals surface area (Å²) < 4.78 is 0. The molecule has 5 heteroatoms.